The van der Waals surface area contributed by atoms with Gasteiger partial charge >= 0.3 is 0 Å². The Balaban J connectivity index is 1.67. The molecule has 0 bridgehead atoms. The average Bonchev–Trinajstić information content (AvgIpc) is 3.06. The van der Waals surface area contributed by atoms with Crippen molar-refractivity contribution in [3.63, 3.8) is 0 Å². The van der Waals surface area contributed by atoms with Crippen LogP contribution in [0, 0.1) is 0 Å². The summed E-state index contributed by atoms with van der Waals surface area (Å²) in [4.78, 5) is 13.4. The summed E-state index contributed by atoms with van der Waals surface area (Å²) in [5, 5.41) is 4.07. The first-order chi connectivity index (χ1) is 11.3. The van der Waals surface area contributed by atoms with Crippen molar-refractivity contribution in [3.05, 3.63) is 24.2 Å². The highest BCUT2D eigenvalue weighted by Gasteiger charge is 2.16. The molecule has 3 heterocycles. The van der Waals surface area contributed by atoms with Crippen molar-refractivity contribution in [2.24, 2.45) is 0 Å². The molecule has 0 radical (unpaired) electrons. The van der Waals surface area contributed by atoms with E-state index >= 15 is 0 Å². The molecule has 23 heavy (non-hydrogen) atoms. The van der Waals surface area contributed by atoms with Crippen molar-refractivity contribution < 1.29 is 9.26 Å². The molecule has 1 aliphatic heterocycles. The first-order valence-corrected chi connectivity index (χ1v) is 8.14. The quantitative estimate of drug-likeness (QED) is 0.805. The fraction of sp³-hybridized carbons (Fsp3) is 0.562. The average molecular weight is 317 g/mol. The SMILES string of the molecule is CCN(CC)c1ccc(-c2noc(CN3CCOCC3)n2)cn1. The van der Waals surface area contributed by atoms with Gasteiger partial charge in [0.1, 0.15) is 5.82 Å². The van der Waals surface area contributed by atoms with E-state index < -0.39 is 0 Å². The second-order valence-corrected chi connectivity index (χ2v) is 5.48. The van der Waals surface area contributed by atoms with Gasteiger partial charge in [-0.05, 0) is 26.0 Å². The number of pyridine rings is 1. The van der Waals surface area contributed by atoms with E-state index in [1.165, 1.54) is 0 Å². The molecule has 2 aromatic heterocycles. The number of nitrogens with zero attached hydrogens (tertiary/aromatic N) is 5. The molecule has 7 nitrogen and oxygen atoms in total. The summed E-state index contributed by atoms with van der Waals surface area (Å²) in [6.45, 7) is 10.1. The van der Waals surface area contributed by atoms with Crippen LogP contribution in [0.3, 0.4) is 0 Å². The van der Waals surface area contributed by atoms with Crippen LogP contribution < -0.4 is 4.90 Å². The number of aromatic nitrogens is 3. The van der Waals surface area contributed by atoms with Gasteiger partial charge in [-0.3, -0.25) is 4.90 Å². The lowest BCUT2D eigenvalue weighted by Gasteiger charge is -2.24. The summed E-state index contributed by atoms with van der Waals surface area (Å²) in [5.74, 6) is 2.19. The van der Waals surface area contributed by atoms with Crippen molar-refractivity contribution in [2.75, 3.05) is 44.3 Å². The van der Waals surface area contributed by atoms with E-state index in [1.807, 2.05) is 12.1 Å². The van der Waals surface area contributed by atoms with Crippen LogP contribution in [0.5, 0.6) is 0 Å². The topological polar surface area (TPSA) is 67.5 Å². The van der Waals surface area contributed by atoms with E-state index in [0.717, 1.165) is 50.8 Å². The third-order valence-corrected chi connectivity index (χ3v) is 4.02. The van der Waals surface area contributed by atoms with Gasteiger partial charge in [0, 0.05) is 37.9 Å². The highest BCUT2D eigenvalue weighted by Crippen LogP contribution is 2.19. The molecule has 2 aromatic rings. The van der Waals surface area contributed by atoms with E-state index in [9.17, 15) is 0 Å². The third-order valence-electron chi connectivity index (χ3n) is 4.02. The Morgan fingerprint density at radius 1 is 1.17 bits per heavy atom. The van der Waals surface area contributed by atoms with E-state index in [1.54, 1.807) is 6.20 Å². The fourth-order valence-electron chi connectivity index (χ4n) is 2.64. The predicted molar refractivity (Wildman–Crippen MR) is 87.2 cm³/mol. The number of ether oxygens (including phenoxy) is 1. The van der Waals surface area contributed by atoms with Crippen LogP contribution in [0.15, 0.2) is 22.9 Å². The monoisotopic (exact) mass is 317 g/mol. The van der Waals surface area contributed by atoms with Gasteiger partial charge in [0.05, 0.1) is 19.8 Å². The van der Waals surface area contributed by atoms with Crippen LogP contribution in [0.25, 0.3) is 11.4 Å². The summed E-state index contributed by atoms with van der Waals surface area (Å²) >= 11 is 0. The first kappa shape index (κ1) is 15.9. The second kappa shape index (κ2) is 7.52. The van der Waals surface area contributed by atoms with Crippen molar-refractivity contribution in [1.29, 1.82) is 0 Å². The Morgan fingerprint density at radius 3 is 2.61 bits per heavy atom. The Hall–Kier alpha value is -1.99. The molecule has 0 atom stereocenters. The highest BCUT2D eigenvalue weighted by molar-refractivity contribution is 5.55. The van der Waals surface area contributed by atoms with Crippen molar-refractivity contribution in [2.45, 2.75) is 20.4 Å². The standard InChI is InChI=1S/C16H23N5O2/c1-3-21(4-2)14-6-5-13(11-17-14)16-18-15(23-19-16)12-20-7-9-22-10-8-20/h5-6,11H,3-4,7-10,12H2,1-2H3. The van der Waals surface area contributed by atoms with Crippen LogP contribution in [0.4, 0.5) is 5.82 Å². The largest absolute Gasteiger partial charge is 0.379 e. The van der Waals surface area contributed by atoms with Gasteiger partial charge in [-0.1, -0.05) is 5.16 Å². The summed E-state index contributed by atoms with van der Waals surface area (Å²) < 4.78 is 10.7. The molecule has 0 unspecified atom stereocenters. The lowest BCUT2D eigenvalue weighted by Crippen LogP contribution is -2.35. The third kappa shape index (κ3) is 3.86. The van der Waals surface area contributed by atoms with Gasteiger partial charge in [-0.2, -0.15) is 4.98 Å². The van der Waals surface area contributed by atoms with Gasteiger partial charge in [0.2, 0.25) is 11.7 Å². The summed E-state index contributed by atoms with van der Waals surface area (Å²) in [7, 11) is 0. The Kier molecular flexibility index (Phi) is 5.19. The minimum absolute atomic E-state index is 0.590. The minimum atomic E-state index is 0.590. The molecule has 0 aromatic carbocycles. The van der Waals surface area contributed by atoms with Gasteiger partial charge in [-0.15, -0.1) is 0 Å². The fourth-order valence-corrected chi connectivity index (χ4v) is 2.64. The van der Waals surface area contributed by atoms with Crippen LogP contribution >= 0.6 is 0 Å². The number of rotatable bonds is 6. The maximum atomic E-state index is 5.36. The summed E-state index contributed by atoms with van der Waals surface area (Å²) in [6.07, 6.45) is 1.80. The zero-order valence-corrected chi connectivity index (χ0v) is 13.7. The van der Waals surface area contributed by atoms with Gasteiger partial charge in [-0.25, -0.2) is 4.98 Å². The molecule has 1 fully saturated rings. The van der Waals surface area contributed by atoms with Crippen molar-refractivity contribution in [1.82, 2.24) is 20.0 Å². The molecule has 1 saturated heterocycles. The number of hydrogen-bond donors (Lipinski definition) is 0. The maximum Gasteiger partial charge on any atom is 0.241 e. The van der Waals surface area contributed by atoms with Gasteiger partial charge < -0.3 is 14.2 Å². The van der Waals surface area contributed by atoms with Crippen molar-refractivity contribution >= 4 is 5.82 Å². The molecule has 7 heteroatoms. The molecule has 0 amide bonds. The van der Waals surface area contributed by atoms with Gasteiger partial charge in [0.25, 0.3) is 0 Å². The molecule has 124 valence electrons. The van der Waals surface area contributed by atoms with E-state index in [0.29, 0.717) is 18.3 Å². The minimum Gasteiger partial charge on any atom is -0.379 e. The molecule has 0 aliphatic carbocycles. The molecule has 0 N–H and O–H groups in total. The smallest absolute Gasteiger partial charge is 0.241 e. The van der Waals surface area contributed by atoms with Crippen LogP contribution in [-0.2, 0) is 11.3 Å². The predicted octanol–water partition coefficient (Wildman–Crippen LogP) is 1.81. The molecule has 0 spiro atoms. The van der Waals surface area contributed by atoms with E-state index in [2.05, 4.69) is 38.8 Å². The van der Waals surface area contributed by atoms with Crippen LogP contribution in [0.1, 0.15) is 19.7 Å². The molecule has 0 saturated carbocycles. The number of morpholine rings is 1. The zero-order valence-electron chi connectivity index (χ0n) is 13.7. The number of anilines is 1. The van der Waals surface area contributed by atoms with Gasteiger partial charge in [0.15, 0.2) is 0 Å². The summed E-state index contributed by atoms with van der Waals surface area (Å²) in [6, 6.07) is 3.99. The van der Waals surface area contributed by atoms with Crippen LogP contribution in [0.2, 0.25) is 0 Å². The Morgan fingerprint density at radius 2 is 1.96 bits per heavy atom. The Bertz CT molecular complexity index is 603. The van der Waals surface area contributed by atoms with Crippen LogP contribution in [-0.4, -0.2) is 59.4 Å². The molecular formula is C16H23N5O2. The summed E-state index contributed by atoms with van der Waals surface area (Å²) in [5.41, 5.74) is 0.873. The highest BCUT2D eigenvalue weighted by atomic mass is 16.5. The Labute approximate surface area is 136 Å². The normalized spacial score (nSPS) is 15.7. The molecule has 1 aliphatic rings. The number of hydrogen-bond acceptors (Lipinski definition) is 7. The molecule has 3 rings (SSSR count). The first-order valence-electron chi connectivity index (χ1n) is 8.14. The zero-order chi connectivity index (χ0) is 16.1. The second-order valence-electron chi connectivity index (χ2n) is 5.48. The maximum absolute atomic E-state index is 5.36. The molecular weight excluding hydrogens is 294 g/mol. The lowest BCUT2D eigenvalue weighted by molar-refractivity contribution is 0.0297. The lowest BCUT2D eigenvalue weighted by atomic mass is 10.2. The van der Waals surface area contributed by atoms with Crippen molar-refractivity contribution in [3.8, 4) is 11.4 Å². The van der Waals surface area contributed by atoms with E-state index in [-0.39, 0.29) is 0 Å². The van der Waals surface area contributed by atoms with E-state index in [4.69, 9.17) is 9.26 Å².